The monoisotopic (exact) mass is 153 g/mol. The highest BCUT2D eigenvalue weighted by Gasteiger charge is 2.22. The number of nitrogens with two attached hydrogens (primary N) is 1. The lowest BCUT2D eigenvalue weighted by Gasteiger charge is -2.34. The first kappa shape index (κ1) is 8.51. The van der Waals surface area contributed by atoms with Crippen LogP contribution in [-0.2, 0) is 0 Å². The highest BCUT2D eigenvalue weighted by molar-refractivity contribution is 4.86. The van der Waals surface area contributed by atoms with Crippen molar-refractivity contribution in [1.29, 1.82) is 5.26 Å². The molecule has 0 aromatic rings. The standard InChI is InChI=1S/C8H15N3/c1-7-6-8(10)2-4-11(7)5-3-9/h7-8H,2,4-6,10H2,1H3. The molecular weight excluding hydrogens is 138 g/mol. The summed E-state index contributed by atoms with van der Waals surface area (Å²) in [5.74, 6) is 0. The van der Waals surface area contributed by atoms with E-state index in [4.69, 9.17) is 11.0 Å². The van der Waals surface area contributed by atoms with E-state index in [-0.39, 0.29) is 0 Å². The van der Waals surface area contributed by atoms with Crippen molar-refractivity contribution < 1.29 is 0 Å². The highest BCUT2D eigenvalue weighted by atomic mass is 15.2. The molecule has 1 fully saturated rings. The number of piperidine rings is 1. The average Bonchev–Trinajstić information content (AvgIpc) is 1.95. The smallest absolute Gasteiger partial charge is 0.0868 e. The van der Waals surface area contributed by atoms with Gasteiger partial charge in [-0.3, -0.25) is 4.90 Å². The average molecular weight is 153 g/mol. The third kappa shape index (κ3) is 2.18. The van der Waals surface area contributed by atoms with Crippen LogP contribution in [0.15, 0.2) is 0 Å². The summed E-state index contributed by atoms with van der Waals surface area (Å²) in [6.45, 7) is 3.67. The van der Waals surface area contributed by atoms with E-state index < -0.39 is 0 Å². The van der Waals surface area contributed by atoms with Crippen LogP contribution in [0.1, 0.15) is 19.8 Å². The van der Waals surface area contributed by atoms with Crippen LogP contribution in [0.4, 0.5) is 0 Å². The minimum atomic E-state index is 0.347. The molecule has 62 valence electrons. The Morgan fingerprint density at radius 1 is 1.73 bits per heavy atom. The highest BCUT2D eigenvalue weighted by Crippen LogP contribution is 2.14. The van der Waals surface area contributed by atoms with Crippen LogP contribution in [0.5, 0.6) is 0 Å². The number of hydrogen-bond donors (Lipinski definition) is 1. The van der Waals surface area contributed by atoms with Gasteiger partial charge >= 0.3 is 0 Å². The molecule has 3 heteroatoms. The second-order valence-corrected chi connectivity index (χ2v) is 3.26. The van der Waals surface area contributed by atoms with Gasteiger partial charge in [-0.2, -0.15) is 5.26 Å². The summed E-state index contributed by atoms with van der Waals surface area (Å²) in [7, 11) is 0. The van der Waals surface area contributed by atoms with E-state index in [2.05, 4.69) is 17.9 Å². The molecule has 1 aliphatic heterocycles. The molecule has 1 heterocycles. The van der Waals surface area contributed by atoms with E-state index in [1.165, 1.54) is 0 Å². The van der Waals surface area contributed by atoms with Crippen LogP contribution in [0, 0.1) is 11.3 Å². The minimum absolute atomic E-state index is 0.347. The molecule has 0 saturated carbocycles. The zero-order valence-corrected chi connectivity index (χ0v) is 6.95. The molecule has 0 aliphatic carbocycles. The van der Waals surface area contributed by atoms with E-state index in [0.717, 1.165) is 19.4 Å². The molecule has 1 saturated heterocycles. The molecule has 0 radical (unpaired) electrons. The topological polar surface area (TPSA) is 53.0 Å². The fourth-order valence-corrected chi connectivity index (χ4v) is 1.58. The quantitative estimate of drug-likeness (QED) is 0.552. The number of likely N-dealkylation sites (tertiary alicyclic amines) is 1. The molecule has 1 aliphatic rings. The van der Waals surface area contributed by atoms with Crippen molar-refractivity contribution in [3.8, 4) is 6.07 Å². The van der Waals surface area contributed by atoms with E-state index in [1.54, 1.807) is 0 Å². The lowest BCUT2D eigenvalue weighted by molar-refractivity contribution is 0.166. The maximum Gasteiger partial charge on any atom is 0.0868 e. The van der Waals surface area contributed by atoms with Crippen molar-refractivity contribution in [3.63, 3.8) is 0 Å². The van der Waals surface area contributed by atoms with Gasteiger partial charge in [-0.25, -0.2) is 0 Å². The van der Waals surface area contributed by atoms with Crippen molar-refractivity contribution in [3.05, 3.63) is 0 Å². The lowest BCUT2D eigenvalue weighted by atomic mass is 9.99. The molecule has 11 heavy (non-hydrogen) atoms. The number of hydrogen-bond acceptors (Lipinski definition) is 3. The predicted molar refractivity (Wildman–Crippen MR) is 43.9 cm³/mol. The largest absolute Gasteiger partial charge is 0.328 e. The van der Waals surface area contributed by atoms with Gasteiger partial charge in [0, 0.05) is 18.6 Å². The van der Waals surface area contributed by atoms with Gasteiger partial charge in [-0.15, -0.1) is 0 Å². The number of rotatable bonds is 1. The van der Waals surface area contributed by atoms with E-state index in [0.29, 0.717) is 18.6 Å². The van der Waals surface area contributed by atoms with Gasteiger partial charge in [0.05, 0.1) is 12.6 Å². The van der Waals surface area contributed by atoms with Gasteiger partial charge in [0.2, 0.25) is 0 Å². The van der Waals surface area contributed by atoms with Gasteiger partial charge in [0.15, 0.2) is 0 Å². The van der Waals surface area contributed by atoms with E-state index in [1.807, 2.05) is 0 Å². The number of nitrogens with zero attached hydrogens (tertiary/aromatic N) is 2. The first-order valence-corrected chi connectivity index (χ1v) is 4.10. The van der Waals surface area contributed by atoms with Crippen LogP contribution in [0.25, 0.3) is 0 Å². The van der Waals surface area contributed by atoms with Crippen LogP contribution >= 0.6 is 0 Å². The Labute approximate surface area is 67.8 Å². The lowest BCUT2D eigenvalue weighted by Crippen LogP contribution is -2.45. The summed E-state index contributed by atoms with van der Waals surface area (Å²) in [4.78, 5) is 2.18. The summed E-state index contributed by atoms with van der Waals surface area (Å²) in [5.41, 5.74) is 5.77. The van der Waals surface area contributed by atoms with E-state index in [9.17, 15) is 0 Å². The number of nitriles is 1. The first-order chi connectivity index (χ1) is 5.24. The zero-order valence-electron chi connectivity index (χ0n) is 6.95. The maximum absolute atomic E-state index is 8.48. The van der Waals surface area contributed by atoms with E-state index >= 15 is 0 Å². The molecule has 2 unspecified atom stereocenters. The van der Waals surface area contributed by atoms with Gasteiger partial charge in [-0.1, -0.05) is 0 Å². The second-order valence-electron chi connectivity index (χ2n) is 3.26. The molecule has 0 bridgehead atoms. The Bertz CT molecular complexity index is 161. The Balaban J connectivity index is 2.39. The summed E-state index contributed by atoms with van der Waals surface area (Å²) < 4.78 is 0. The van der Waals surface area contributed by atoms with Crippen molar-refractivity contribution in [1.82, 2.24) is 4.90 Å². The van der Waals surface area contributed by atoms with Crippen molar-refractivity contribution in [2.75, 3.05) is 13.1 Å². The van der Waals surface area contributed by atoms with Crippen molar-refractivity contribution in [2.24, 2.45) is 5.73 Å². The Kier molecular flexibility index (Phi) is 2.86. The summed E-state index contributed by atoms with van der Waals surface area (Å²) >= 11 is 0. The van der Waals surface area contributed by atoms with Crippen LogP contribution in [0.2, 0.25) is 0 Å². The normalized spacial score (nSPS) is 33.2. The predicted octanol–water partition coefficient (Wildman–Crippen LogP) is 0.322. The Morgan fingerprint density at radius 3 is 3.00 bits per heavy atom. The molecular formula is C8H15N3. The van der Waals surface area contributed by atoms with Crippen LogP contribution < -0.4 is 5.73 Å². The molecule has 0 spiro atoms. The Hall–Kier alpha value is -0.590. The van der Waals surface area contributed by atoms with Gasteiger partial charge in [-0.05, 0) is 19.8 Å². The van der Waals surface area contributed by atoms with Crippen molar-refractivity contribution >= 4 is 0 Å². The molecule has 2 atom stereocenters. The van der Waals surface area contributed by atoms with Gasteiger partial charge < -0.3 is 5.73 Å². The fraction of sp³-hybridized carbons (Fsp3) is 0.875. The Morgan fingerprint density at radius 2 is 2.45 bits per heavy atom. The summed E-state index contributed by atoms with van der Waals surface area (Å²) in [6.07, 6.45) is 2.06. The molecule has 3 nitrogen and oxygen atoms in total. The SMILES string of the molecule is CC1CC(N)CCN1CC#N. The van der Waals surface area contributed by atoms with Crippen molar-refractivity contribution in [2.45, 2.75) is 31.8 Å². The third-order valence-electron chi connectivity index (χ3n) is 2.33. The fourth-order valence-electron chi connectivity index (χ4n) is 1.58. The third-order valence-corrected chi connectivity index (χ3v) is 2.33. The van der Waals surface area contributed by atoms with Crippen LogP contribution in [-0.4, -0.2) is 30.1 Å². The second kappa shape index (κ2) is 3.70. The van der Waals surface area contributed by atoms with Crippen LogP contribution in [0.3, 0.4) is 0 Å². The minimum Gasteiger partial charge on any atom is -0.328 e. The molecule has 2 N–H and O–H groups in total. The summed E-state index contributed by atoms with van der Waals surface area (Å²) in [5, 5.41) is 8.48. The zero-order chi connectivity index (χ0) is 8.27. The van der Waals surface area contributed by atoms with Gasteiger partial charge in [0.25, 0.3) is 0 Å². The molecule has 0 aromatic heterocycles. The molecule has 0 amide bonds. The first-order valence-electron chi connectivity index (χ1n) is 4.10. The molecule has 0 aromatic carbocycles. The summed E-state index contributed by atoms with van der Waals surface area (Å²) in [6, 6.07) is 3.00. The maximum atomic E-state index is 8.48. The molecule has 1 rings (SSSR count). The van der Waals surface area contributed by atoms with Gasteiger partial charge in [0.1, 0.15) is 0 Å².